The molecule has 0 radical (unpaired) electrons. The van der Waals surface area contributed by atoms with Gasteiger partial charge in [-0.3, -0.25) is 4.79 Å². The highest BCUT2D eigenvalue weighted by Crippen LogP contribution is 2.24. The first-order chi connectivity index (χ1) is 15.6. The van der Waals surface area contributed by atoms with Crippen LogP contribution in [0.15, 0.2) is 23.2 Å². The summed E-state index contributed by atoms with van der Waals surface area (Å²) in [6.45, 7) is -1.44. The number of hydrogen-bond acceptors (Lipinski definition) is 8. The molecule has 2 heterocycles. The Hall–Kier alpha value is -2.84. The lowest BCUT2D eigenvalue weighted by Crippen LogP contribution is -2.33. The topological polar surface area (TPSA) is 113 Å². The highest BCUT2D eigenvalue weighted by atomic mass is 32.2. The van der Waals surface area contributed by atoms with Crippen molar-refractivity contribution in [2.45, 2.75) is 36.9 Å². The number of alkyl halides is 6. The molecule has 3 unspecified atom stereocenters. The lowest BCUT2D eigenvalue weighted by atomic mass is 10.2. The Kier molecular flexibility index (Phi) is 9.94. The van der Waals surface area contributed by atoms with E-state index < -0.39 is 62.1 Å². The summed E-state index contributed by atoms with van der Waals surface area (Å²) >= 11 is 1.12. The molecule has 33 heavy (non-hydrogen) atoms. The largest absolute Gasteiger partial charge is 0.481 e. The smallest absolute Gasteiger partial charge is 0.307 e. The van der Waals surface area contributed by atoms with Gasteiger partial charge in [0.1, 0.15) is 31.1 Å². The predicted molar refractivity (Wildman–Crippen MR) is 109 cm³/mol. The minimum atomic E-state index is -3.12. The number of pyridine rings is 1. The molecule has 8 nitrogen and oxygen atoms in total. The fraction of sp³-hybridized carbons (Fsp3) is 0.500. The van der Waals surface area contributed by atoms with E-state index in [1.165, 1.54) is 19.1 Å². The molecule has 0 fully saturated rings. The van der Waals surface area contributed by atoms with E-state index in [0.717, 1.165) is 11.8 Å². The second-order valence-electron chi connectivity index (χ2n) is 6.70. The molecule has 0 spiro atoms. The lowest BCUT2D eigenvalue weighted by Gasteiger charge is -2.17. The maximum atomic E-state index is 12.9. The molecule has 0 saturated carbocycles. The zero-order valence-electron chi connectivity index (χ0n) is 17.1. The van der Waals surface area contributed by atoms with E-state index in [-0.39, 0.29) is 17.3 Å². The van der Waals surface area contributed by atoms with Gasteiger partial charge in [0.25, 0.3) is 12.9 Å². The minimum absolute atomic E-state index is 0.0687. The molecule has 0 aromatic carbocycles. The van der Waals surface area contributed by atoms with Crippen LogP contribution in [0.3, 0.4) is 0 Å². The third-order valence-electron chi connectivity index (χ3n) is 4.06. The third-order valence-corrected chi connectivity index (χ3v) is 5.25. The van der Waals surface area contributed by atoms with Crippen molar-refractivity contribution in [2.75, 3.05) is 29.7 Å². The van der Waals surface area contributed by atoms with Crippen LogP contribution in [0.1, 0.15) is 6.92 Å². The number of carbonyl (C=O) groups is 1. The number of hydrogen-bond donors (Lipinski definition) is 3. The Bertz CT molecular complexity index is 891. The second-order valence-corrected chi connectivity index (χ2v) is 7.74. The van der Waals surface area contributed by atoms with Gasteiger partial charge in [0.15, 0.2) is 5.82 Å². The zero-order chi connectivity index (χ0) is 24.5. The van der Waals surface area contributed by atoms with E-state index in [9.17, 15) is 31.1 Å². The molecule has 3 N–H and O–H groups in total. The highest BCUT2D eigenvalue weighted by molar-refractivity contribution is 7.99. The van der Waals surface area contributed by atoms with Gasteiger partial charge in [-0.25, -0.2) is 31.3 Å². The lowest BCUT2D eigenvalue weighted by molar-refractivity contribution is -0.140. The van der Waals surface area contributed by atoms with E-state index in [1.54, 1.807) is 6.07 Å². The first-order valence-corrected chi connectivity index (χ1v) is 10.4. The molecular weight excluding hydrogens is 478 g/mol. The van der Waals surface area contributed by atoms with Crippen molar-refractivity contribution in [3.8, 4) is 11.5 Å². The summed E-state index contributed by atoms with van der Waals surface area (Å²) in [5, 5.41) is 13.5. The Morgan fingerprint density at radius 3 is 1.97 bits per heavy atom. The second kappa shape index (κ2) is 12.4. The molecule has 2 aromatic heterocycles. The molecule has 0 bridgehead atoms. The number of anilines is 2. The van der Waals surface area contributed by atoms with E-state index >= 15 is 0 Å². The number of aromatic nitrogens is 4. The van der Waals surface area contributed by atoms with Crippen LogP contribution < -0.4 is 10.6 Å². The number of halogens is 6. The molecule has 15 heteroatoms. The van der Waals surface area contributed by atoms with Gasteiger partial charge in [-0.05, 0) is 12.1 Å². The predicted octanol–water partition coefficient (Wildman–Crippen LogP) is 3.78. The average Bonchev–Trinajstić information content (AvgIpc) is 2.78. The molecular formula is C18H20F6N6O2S. The molecule has 2 aromatic rings. The summed E-state index contributed by atoms with van der Waals surface area (Å²) in [5.74, 6) is -2.83. The van der Waals surface area contributed by atoms with Crippen LogP contribution in [0.25, 0.3) is 11.5 Å². The number of nitrogens with one attached hydrogen (secondary N) is 2. The monoisotopic (exact) mass is 498 g/mol. The number of carboxylic acids is 1. The first kappa shape index (κ1) is 26.4. The number of nitrogens with zero attached hydrogens (tertiary/aromatic N) is 4. The SMILES string of the molecule is CC(CSc1cccc(-c2nc(NC(CF)C(F)F)nc(NC(CF)C(F)F)n2)n1)C(=O)O. The fourth-order valence-corrected chi connectivity index (χ4v) is 3.09. The van der Waals surface area contributed by atoms with E-state index in [1.807, 2.05) is 0 Å². The van der Waals surface area contributed by atoms with E-state index in [2.05, 4.69) is 30.6 Å². The molecule has 0 aliphatic rings. The Morgan fingerprint density at radius 2 is 1.52 bits per heavy atom. The zero-order valence-corrected chi connectivity index (χ0v) is 17.9. The summed E-state index contributed by atoms with van der Waals surface area (Å²) in [7, 11) is 0. The van der Waals surface area contributed by atoms with E-state index in [4.69, 9.17) is 5.11 Å². The number of aliphatic carboxylic acids is 1. The maximum Gasteiger partial charge on any atom is 0.307 e. The van der Waals surface area contributed by atoms with Gasteiger partial charge < -0.3 is 15.7 Å². The quantitative estimate of drug-likeness (QED) is 0.281. The first-order valence-electron chi connectivity index (χ1n) is 9.45. The molecule has 3 atom stereocenters. The van der Waals surface area contributed by atoms with Crippen LogP contribution in [-0.4, -0.2) is 75.0 Å². The standard InChI is InChI=1S/C18H20F6N6O2S/c1-8(16(31)32)7-33-12-4-2-3-9(25-12)15-28-17(26-10(5-19)13(21)22)30-18(29-15)27-11(6-20)14(23)24/h2-4,8,10-11,13-14H,5-7H2,1H3,(H,31,32)(H2,26,27,28,29,30). The van der Waals surface area contributed by atoms with Crippen LogP contribution in [-0.2, 0) is 4.79 Å². The summed E-state index contributed by atoms with van der Waals surface area (Å²) in [6.07, 6.45) is -6.25. The summed E-state index contributed by atoms with van der Waals surface area (Å²) < 4.78 is 77.6. The van der Waals surface area contributed by atoms with Crippen LogP contribution in [0.2, 0.25) is 0 Å². The number of rotatable bonds is 13. The van der Waals surface area contributed by atoms with Gasteiger partial charge in [-0.2, -0.15) is 15.0 Å². The normalized spacial score (nSPS) is 14.2. The Labute approximate surface area is 188 Å². The molecule has 0 aliphatic carbocycles. The summed E-state index contributed by atoms with van der Waals surface area (Å²) in [6, 6.07) is 0.578. The van der Waals surface area contributed by atoms with Gasteiger partial charge in [-0.15, -0.1) is 11.8 Å². The van der Waals surface area contributed by atoms with Crippen molar-refractivity contribution in [1.29, 1.82) is 0 Å². The fourth-order valence-electron chi connectivity index (χ4n) is 2.19. The average molecular weight is 498 g/mol. The molecule has 0 amide bonds. The van der Waals surface area contributed by atoms with Gasteiger partial charge in [-0.1, -0.05) is 13.0 Å². The Balaban J connectivity index is 2.39. The van der Waals surface area contributed by atoms with Gasteiger partial charge in [0, 0.05) is 5.75 Å². The minimum Gasteiger partial charge on any atom is -0.481 e. The highest BCUT2D eigenvalue weighted by Gasteiger charge is 2.25. The number of thioether (sulfide) groups is 1. The van der Waals surface area contributed by atoms with Crippen molar-refractivity contribution in [3.63, 3.8) is 0 Å². The Morgan fingerprint density at radius 1 is 0.970 bits per heavy atom. The van der Waals surface area contributed by atoms with Crippen molar-refractivity contribution >= 4 is 29.6 Å². The number of carboxylic acid groups (broad SMARTS) is 1. The summed E-state index contributed by atoms with van der Waals surface area (Å²) in [5.41, 5.74) is 0.0687. The van der Waals surface area contributed by atoms with Gasteiger partial charge >= 0.3 is 5.97 Å². The van der Waals surface area contributed by atoms with Crippen LogP contribution in [0.5, 0.6) is 0 Å². The van der Waals surface area contributed by atoms with E-state index in [0.29, 0.717) is 5.03 Å². The third kappa shape index (κ3) is 7.91. The van der Waals surface area contributed by atoms with Gasteiger partial charge in [0.05, 0.1) is 10.9 Å². The van der Waals surface area contributed by atoms with Crippen LogP contribution in [0, 0.1) is 5.92 Å². The van der Waals surface area contributed by atoms with Gasteiger partial charge in [0.2, 0.25) is 11.9 Å². The molecule has 0 saturated heterocycles. The maximum absolute atomic E-state index is 12.9. The summed E-state index contributed by atoms with van der Waals surface area (Å²) in [4.78, 5) is 26.7. The van der Waals surface area contributed by atoms with Crippen molar-refractivity contribution < 1.29 is 36.2 Å². The van der Waals surface area contributed by atoms with Crippen molar-refractivity contribution in [3.05, 3.63) is 18.2 Å². The van der Waals surface area contributed by atoms with Crippen molar-refractivity contribution in [2.24, 2.45) is 5.92 Å². The molecule has 2 rings (SSSR count). The molecule has 182 valence electrons. The molecule has 0 aliphatic heterocycles. The van der Waals surface area contributed by atoms with Crippen LogP contribution in [0.4, 0.5) is 38.2 Å². The van der Waals surface area contributed by atoms with Crippen molar-refractivity contribution in [1.82, 2.24) is 19.9 Å². The van der Waals surface area contributed by atoms with Crippen LogP contribution >= 0.6 is 11.8 Å².